The first-order chi connectivity index (χ1) is 8.19. The molecule has 0 aliphatic rings. The summed E-state index contributed by atoms with van der Waals surface area (Å²) in [6, 6.07) is 2.05. The molecule has 18 heavy (non-hydrogen) atoms. The van der Waals surface area contributed by atoms with Crippen molar-refractivity contribution in [2.75, 3.05) is 11.9 Å². The van der Waals surface area contributed by atoms with E-state index in [4.69, 9.17) is 11.6 Å². The van der Waals surface area contributed by atoms with Crippen LogP contribution in [-0.4, -0.2) is 18.8 Å². The van der Waals surface area contributed by atoms with Gasteiger partial charge in [0.1, 0.15) is 6.54 Å². The average molecular weight is 410 g/mol. The normalized spacial score (nSPS) is 11.2. The van der Waals surface area contributed by atoms with Crippen LogP contribution < -0.4 is 10.6 Å². The van der Waals surface area contributed by atoms with E-state index in [0.717, 1.165) is 0 Å². The molecule has 0 bridgehead atoms. The fourth-order valence-corrected chi connectivity index (χ4v) is 2.87. The Bertz CT molecular complexity index is 445. The molecule has 0 heterocycles. The first kappa shape index (κ1) is 15.6. The Kier molecular flexibility index (Phi) is 5.30. The maximum absolute atomic E-state index is 11.9. The summed E-state index contributed by atoms with van der Waals surface area (Å²) < 4.78 is 36.6. The molecule has 0 aromatic heterocycles. The number of alkyl halides is 3. The van der Waals surface area contributed by atoms with Crippen LogP contribution in [0.15, 0.2) is 21.1 Å². The number of carbonyl (C=O) groups excluding carboxylic acids is 1. The van der Waals surface area contributed by atoms with Gasteiger partial charge in [-0.3, -0.25) is 0 Å². The largest absolute Gasteiger partial charge is 0.405 e. The van der Waals surface area contributed by atoms with E-state index in [0.29, 0.717) is 19.7 Å². The predicted octanol–water partition coefficient (Wildman–Crippen LogP) is 4.55. The van der Waals surface area contributed by atoms with Gasteiger partial charge in [0.05, 0.1) is 5.69 Å². The second kappa shape index (κ2) is 6.12. The van der Waals surface area contributed by atoms with Crippen LogP contribution in [0, 0.1) is 0 Å². The van der Waals surface area contributed by atoms with Crippen LogP contribution >= 0.6 is 43.5 Å². The topological polar surface area (TPSA) is 41.1 Å². The van der Waals surface area contributed by atoms with Crippen molar-refractivity contribution in [2.24, 2.45) is 0 Å². The molecule has 3 nitrogen and oxygen atoms in total. The zero-order chi connectivity index (χ0) is 13.9. The van der Waals surface area contributed by atoms with Crippen molar-refractivity contribution < 1.29 is 18.0 Å². The third-order valence-electron chi connectivity index (χ3n) is 1.69. The molecule has 1 aromatic rings. The highest BCUT2D eigenvalue weighted by Gasteiger charge is 2.27. The number of benzene rings is 1. The molecule has 0 aliphatic heterocycles. The van der Waals surface area contributed by atoms with Crippen LogP contribution in [-0.2, 0) is 0 Å². The number of anilines is 1. The van der Waals surface area contributed by atoms with Crippen LogP contribution in [0.5, 0.6) is 0 Å². The van der Waals surface area contributed by atoms with Crippen molar-refractivity contribution in [2.45, 2.75) is 6.18 Å². The number of urea groups is 1. The summed E-state index contributed by atoms with van der Waals surface area (Å²) in [5.41, 5.74) is 0.291. The lowest BCUT2D eigenvalue weighted by Gasteiger charge is -2.12. The predicted molar refractivity (Wildman–Crippen MR) is 69.9 cm³/mol. The zero-order valence-electron chi connectivity index (χ0n) is 8.54. The van der Waals surface area contributed by atoms with E-state index in [1.54, 1.807) is 5.32 Å². The number of hydrogen-bond donors (Lipinski definition) is 2. The maximum atomic E-state index is 11.9. The fourth-order valence-electron chi connectivity index (χ4n) is 1.000. The quantitative estimate of drug-likeness (QED) is 0.738. The SMILES string of the molecule is O=C(NCC(F)(F)F)Nc1c(Br)cc(Cl)cc1Br. The maximum Gasteiger partial charge on any atom is 0.405 e. The minimum Gasteiger partial charge on any atom is -0.329 e. The number of amides is 2. The Morgan fingerprint density at radius 2 is 1.78 bits per heavy atom. The standard InChI is InChI=1S/C9H6Br2ClF3N2O/c10-5-1-4(12)2-6(11)7(5)17-8(18)16-3-9(13,14)15/h1-2H,3H2,(H2,16,17,18). The van der Waals surface area contributed by atoms with Gasteiger partial charge in [-0.15, -0.1) is 0 Å². The summed E-state index contributed by atoms with van der Waals surface area (Å²) in [7, 11) is 0. The Morgan fingerprint density at radius 3 is 2.22 bits per heavy atom. The van der Waals surface area contributed by atoms with Crippen molar-refractivity contribution >= 4 is 55.2 Å². The molecular formula is C9H6Br2ClF3N2O. The first-order valence-electron chi connectivity index (χ1n) is 4.45. The molecule has 100 valence electrons. The Balaban J connectivity index is 2.71. The summed E-state index contributed by atoms with van der Waals surface area (Å²) in [5.74, 6) is 0. The third-order valence-corrected chi connectivity index (χ3v) is 3.16. The van der Waals surface area contributed by atoms with Crippen molar-refractivity contribution in [1.29, 1.82) is 0 Å². The molecule has 2 N–H and O–H groups in total. The summed E-state index contributed by atoms with van der Waals surface area (Å²) in [5, 5.41) is 4.38. The van der Waals surface area contributed by atoms with Crippen molar-refractivity contribution in [3.63, 3.8) is 0 Å². The Labute approximate surface area is 122 Å². The van der Waals surface area contributed by atoms with Crippen LogP contribution in [0.1, 0.15) is 0 Å². The van der Waals surface area contributed by atoms with Crippen molar-refractivity contribution in [1.82, 2.24) is 5.32 Å². The van der Waals surface area contributed by atoms with Gasteiger partial charge >= 0.3 is 12.2 Å². The van der Waals surface area contributed by atoms with Crippen LogP contribution in [0.2, 0.25) is 5.02 Å². The lowest BCUT2D eigenvalue weighted by atomic mass is 10.3. The molecule has 0 aliphatic carbocycles. The molecule has 0 saturated heterocycles. The van der Waals surface area contributed by atoms with Crippen molar-refractivity contribution in [3.8, 4) is 0 Å². The monoisotopic (exact) mass is 408 g/mol. The summed E-state index contributed by atoms with van der Waals surface area (Å²) in [4.78, 5) is 11.3. The van der Waals surface area contributed by atoms with E-state index in [-0.39, 0.29) is 0 Å². The molecule has 0 unspecified atom stereocenters. The van der Waals surface area contributed by atoms with Crippen LogP contribution in [0.25, 0.3) is 0 Å². The van der Waals surface area contributed by atoms with Gasteiger partial charge in [-0.1, -0.05) is 11.6 Å². The van der Waals surface area contributed by atoms with E-state index < -0.39 is 18.8 Å². The van der Waals surface area contributed by atoms with Crippen molar-refractivity contribution in [3.05, 3.63) is 26.1 Å². The van der Waals surface area contributed by atoms with E-state index in [1.165, 1.54) is 12.1 Å². The molecule has 0 atom stereocenters. The first-order valence-corrected chi connectivity index (χ1v) is 6.41. The van der Waals surface area contributed by atoms with Gasteiger partial charge in [0.15, 0.2) is 0 Å². The summed E-state index contributed by atoms with van der Waals surface area (Å²) >= 11 is 12.0. The number of hydrogen-bond acceptors (Lipinski definition) is 1. The van der Waals surface area contributed by atoms with Gasteiger partial charge in [0, 0.05) is 14.0 Å². The highest BCUT2D eigenvalue weighted by atomic mass is 79.9. The van der Waals surface area contributed by atoms with Gasteiger partial charge < -0.3 is 10.6 Å². The van der Waals surface area contributed by atoms with Crippen LogP contribution in [0.4, 0.5) is 23.7 Å². The van der Waals surface area contributed by atoms with Crippen LogP contribution in [0.3, 0.4) is 0 Å². The lowest BCUT2D eigenvalue weighted by molar-refractivity contribution is -0.122. The number of carbonyl (C=O) groups is 1. The Hall–Kier alpha value is -0.470. The molecule has 9 heteroatoms. The fraction of sp³-hybridized carbons (Fsp3) is 0.222. The molecular weight excluding hydrogens is 404 g/mol. The second-order valence-corrected chi connectivity index (χ2v) is 5.31. The zero-order valence-corrected chi connectivity index (χ0v) is 12.5. The lowest BCUT2D eigenvalue weighted by Crippen LogP contribution is -2.36. The summed E-state index contributed by atoms with van der Waals surface area (Å²) in [6.45, 7) is -1.40. The molecule has 1 rings (SSSR count). The van der Waals surface area contributed by atoms with Gasteiger partial charge in [-0.25, -0.2) is 4.79 Å². The number of halogens is 6. The van der Waals surface area contributed by atoms with Gasteiger partial charge in [-0.2, -0.15) is 13.2 Å². The van der Waals surface area contributed by atoms with Gasteiger partial charge in [0.25, 0.3) is 0 Å². The third kappa shape index (κ3) is 5.03. The molecule has 1 aromatic carbocycles. The minimum absolute atomic E-state index is 0.291. The van der Waals surface area contributed by atoms with Gasteiger partial charge in [0.2, 0.25) is 0 Å². The minimum atomic E-state index is -4.45. The highest BCUT2D eigenvalue weighted by molar-refractivity contribution is 9.11. The smallest absolute Gasteiger partial charge is 0.329 e. The average Bonchev–Trinajstić information content (AvgIpc) is 2.19. The number of rotatable bonds is 2. The number of nitrogens with one attached hydrogen (secondary N) is 2. The molecule has 0 radical (unpaired) electrons. The van der Waals surface area contributed by atoms with Gasteiger partial charge in [-0.05, 0) is 44.0 Å². The van der Waals surface area contributed by atoms with E-state index in [1.807, 2.05) is 0 Å². The van der Waals surface area contributed by atoms with E-state index in [9.17, 15) is 18.0 Å². The molecule has 2 amide bonds. The van der Waals surface area contributed by atoms with E-state index in [2.05, 4.69) is 37.2 Å². The van der Waals surface area contributed by atoms with E-state index >= 15 is 0 Å². The highest BCUT2D eigenvalue weighted by Crippen LogP contribution is 2.34. The molecule has 0 spiro atoms. The second-order valence-electron chi connectivity index (χ2n) is 3.17. The molecule has 0 fully saturated rings. The molecule has 0 saturated carbocycles. The Morgan fingerprint density at radius 1 is 1.28 bits per heavy atom. The summed E-state index contributed by atoms with van der Waals surface area (Å²) in [6.07, 6.45) is -4.45.